The van der Waals surface area contributed by atoms with Gasteiger partial charge in [-0.05, 0) is 26.0 Å². The molecule has 3 rings (SSSR count). The van der Waals surface area contributed by atoms with Gasteiger partial charge in [0.2, 0.25) is 5.16 Å². The zero-order chi connectivity index (χ0) is 16.4. The fraction of sp³-hybridized carbons (Fsp3) is 0.286. The predicted molar refractivity (Wildman–Crippen MR) is 91.1 cm³/mol. The second-order valence-corrected chi connectivity index (χ2v) is 7.32. The van der Waals surface area contributed by atoms with Gasteiger partial charge in [0.1, 0.15) is 15.8 Å². The zero-order valence-electron chi connectivity index (χ0n) is 12.9. The van der Waals surface area contributed by atoms with Gasteiger partial charge < -0.3 is 10.6 Å². The molecule has 2 N–H and O–H groups in total. The third kappa shape index (κ3) is 3.15. The van der Waals surface area contributed by atoms with E-state index in [9.17, 15) is 0 Å². The Hall–Kier alpha value is -2.13. The lowest BCUT2D eigenvalue weighted by Crippen LogP contribution is -2.12. The lowest BCUT2D eigenvalue weighted by Gasteiger charge is -2.09. The summed E-state index contributed by atoms with van der Waals surface area (Å²) in [4.78, 5) is 0. The molecule has 0 saturated heterocycles. The number of nitrogen functional groups attached to an aromatic ring is 1. The zero-order valence-corrected chi connectivity index (χ0v) is 14.6. The second kappa shape index (κ2) is 6.55. The fourth-order valence-corrected chi connectivity index (χ4v) is 3.73. The van der Waals surface area contributed by atoms with E-state index < -0.39 is 0 Å². The number of hydrogen-bond acceptors (Lipinski definition) is 8. The summed E-state index contributed by atoms with van der Waals surface area (Å²) in [6, 6.07) is 7.57. The van der Waals surface area contributed by atoms with Crippen molar-refractivity contribution >= 4 is 23.1 Å². The van der Waals surface area contributed by atoms with Gasteiger partial charge in [-0.25, -0.2) is 4.68 Å². The van der Waals surface area contributed by atoms with Gasteiger partial charge in [-0.2, -0.15) is 0 Å². The number of hydrogen-bond donors (Lipinski definition) is 1. The first-order valence-electron chi connectivity index (χ1n) is 6.90. The molecule has 0 bridgehead atoms. The van der Waals surface area contributed by atoms with Crippen molar-refractivity contribution in [3.8, 4) is 17.1 Å². The van der Waals surface area contributed by atoms with Gasteiger partial charge in [0.15, 0.2) is 5.82 Å². The number of thioether (sulfide) groups is 1. The van der Waals surface area contributed by atoms with Crippen molar-refractivity contribution in [1.82, 2.24) is 25.1 Å². The molecule has 0 fully saturated rings. The van der Waals surface area contributed by atoms with Crippen LogP contribution in [-0.4, -0.2) is 32.2 Å². The van der Waals surface area contributed by atoms with Crippen LogP contribution in [0.1, 0.15) is 22.2 Å². The SMILES string of the molecule is COc1ccccc1-c1nnc(S[C@H](C)c2nnc(C)s2)n1N. The molecule has 3 aromatic rings. The summed E-state index contributed by atoms with van der Waals surface area (Å²) in [5.74, 6) is 7.44. The molecular formula is C14H16N6OS2. The molecule has 1 aromatic carbocycles. The van der Waals surface area contributed by atoms with E-state index in [0.717, 1.165) is 15.6 Å². The Kier molecular flexibility index (Phi) is 4.49. The summed E-state index contributed by atoms with van der Waals surface area (Å²) in [7, 11) is 1.62. The molecule has 0 saturated carbocycles. The number of nitrogens with zero attached hydrogens (tertiary/aromatic N) is 5. The van der Waals surface area contributed by atoms with Crippen molar-refractivity contribution in [2.45, 2.75) is 24.3 Å². The van der Waals surface area contributed by atoms with E-state index in [1.54, 1.807) is 18.4 Å². The summed E-state index contributed by atoms with van der Waals surface area (Å²) in [5, 5.41) is 19.2. The average Bonchev–Trinajstić information content (AvgIpc) is 3.14. The first kappa shape index (κ1) is 15.8. The molecule has 120 valence electrons. The van der Waals surface area contributed by atoms with Crippen LogP contribution in [0.2, 0.25) is 0 Å². The van der Waals surface area contributed by atoms with Gasteiger partial charge in [-0.3, -0.25) is 0 Å². The first-order chi connectivity index (χ1) is 11.1. The standard InChI is InChI=1S/C14H16N6OS2/c1-8(13-18-16-9(2)23-13)22-14-19-17-12(20(14)15)10-6-4-5-7-11(10)21-3/h4-8H,15H2,1-3H3/t8-/m1/s1. The Morgan fingerprint density at radius 2 is 2.00 bits per heavy atom. The summed E-state index contributed by atoms with van der Waals surface area (Å²) in [5.41, 5.74) is 0.802. The predicted octanol–water partition coefficient (Wildman–Crippen LogP) is 2.68. The minimum Gasteiger partial charge on any atom is -0.496 e. The molecule has 0 aliphatic carbocycles. The van der Waals surface area contributed by atoms with E-state index in [4.69, 9.17) is 10.6 Å². The van der Waals surface area contributed by atoms with Gasteiger partial charge in [0.25, 0.3) is 0 Å². The van der Waals surface area contributed by atoms with Gasteiger partial charge >= 0.3 is 0 Å². The van der Waals surface area contributed by atoms with Crippen LogP contribution in [0.5, 0.6) is 5.75 Å². The molecule has 2 heterocycles. The molecule has 0 aliphatic rings. The number of aryl methyl sites for hydroxylation is 1. The highest BCUT2D eigenvalue weighted by atomic mass is 32.2. The van der Waals surface area contributed by atoms with Crippen LogP contribution < -0.4 is 10.6 Å². The van der Waals surface area contributed by atoms with Crippen LogP contribution in [-0.2, 0) is 0 Å². The molecule has 0 spiro atoms. The maximum absolute atomic E-state index is 6.17. The third-order valence-corrected chi connectivity index (χ3v) is 5.42. The van der Waals surface area contributed by atoms with Crippen molar-refractivity contribution in [2.75, 3.05) is 13.0 Å². The Balaban J connectivity index is 1.87. The molecule has 0 amide bonds. The van der Waals surface area contributed by atoms with Crippen LogP contribution in [0.25, 0.3) is 11.4 Å². The third-order valence-electron chi connectivity index (χ3n) is 3.18. The topological polar surface area (TPSA) is 91.7 Å². The minimum absolute atomic E-state index is 0.0956. The Morgan fingerprint density at radius 1 is 1.22 bits per heavy atom. The van der Waals surface area contributed by atoms with Crippen LogP contribution >= 0.6 is 23.1 Å². The number of aromatic nitrogens is 5. The van der Waals surface area contributed by atoms with Crippen molar-refractivity contribution in [1.29, 1.82) is 0 Å². The molecule has 23 heavy (non-hydrogen) atoms. The maximum Gasteiger partial charge on any atom is 0.210 e. The smallest absolute Gasteiger partial charge is 0.210 e. The van der Waals surface area contributed by atoms with Gasteiger partial charge in [-0.1, -0.05) is 23.9 Å². The van der Waals surface area contributed by atoms with Crippen LogP contribution in [0, 0.1) is 6.92 Å². The fourth-order valence-electron chi connectivity index (χ4n) is 2.06. The summed E-state index contributed by atoms with van der Waals surface area (Å²) in [6.07, 6.45) is 0. The highest BCUT2D eigenvalue weighted by Gasteiger charge is 2.20. The lowest BCUT2D eigenvalue weighted by atomic mass is 10.2. The largest absolute Gasteiger partial charge is 0.496 e. The van der Waals surface area contributed by atoms with Crippen LogP contribution in [0.4, 0.5) is 0 Å². The quantitative estimate of drug-likeness (QED) is 0.560. The average molecular weight is 348 g/mol. The number of rotatable bonds is 5. The van der Waals surface area contributed by atoms with E-state index in [1.807, 2.05) is 38.1 Å². The van der Waals surface area contributed by atoms with E-state index in [0.29, 0.717) is 16.7 Å². The first-order valence-corrected chi connectivity index (χ1v) is 8.60. The second-order valence-electron chi connectivity index (χ2n) is 4.80. The minimum atomic E-state index is 0.0956. The van der Waals surface area contributed by atoms with E-state index in [1.165, 1.54) is 16.4 Å². The molecule has 0 aliphatic heterocycles. The van der Waals surface area contributed by atoms with Crippen LogP contribution in [0.3, 0.4) is 0 Å². The maximum atomic E-state index is 6.17. The number of methoxy groups -OCH3 is 1. The van der Waals surface area contributed by atoms with Gasteiger partial charge in [0.05, 0.1) is 17.9 Å². The van der Waals surface area contributed by atoms with Crippen molar-refractivity contribution in [3.05, 3.63) is 34.3 Å². The van der Waals surface area contributed by atoms with Gasteiger partial charge in [-0.15, -0.1) is 31.7 Å². The highest BCUT2D eigenvalue weighted by molar-refractivity contribution is 7.99. The number of nitrogens with two attached hydrogens (primary N) is 1. The van der Waals surface area contributed by atoms with Crippen LogP contribution in [0.15, 0.2) is 29.4 Å². The molecule has 0 radical (unpaired) electrons. The van der Waals surface area contributed by atoms with Crippen molar-refractivity contribution < 1.29 is 4.74 Å². The highest BCUT2D eigenvalue weighted by Crippen LogP contribution is 2.36. The van der Waals surface area contributed by atoms with Crippen molar-refractivity contribution in [3.63, 3.8) is 0 Å². The molecule has 1 atom stereocenters. The number of para-hydroxylation sites is 1. The monoisotopic (exact) mass is 348 g/mol. The number of benzene rings is 1. The van der Waals surface area contributed by atoms with Gasteiger partial charge in [0, 0.05) is 0 Å². The summed E-state index contributed by atoms with van der Waals surface area (Å²) >= 11 is 3.07. The molecule has 9 heteroatoms. The summed E-state index contributed by atoms with van der Waals surface area (Å²) in [6.45, 7) is 3.98. The normalized spacial score (nSPS) is 12.3. The Labute approximate surface area is 141 Å². The Morgan fingerprint density at radius 3 is 2.70 bits per heavy atom. The molecule has 2 aromatic heterocycles. The molecule has 7 nitrogen and oxygen atoms in total. The number of ether oxygens (including phenoxy) is 1. The van der Waals surface area contributed by atoms with E-state index in [-0.39, 0.29) is 5.25 Å². The van der Waals surface area contributed by atoms with E-state index in [2.05, 4.69) is 20.4 Å². The molecule has 0 unspecified atom stereocenters. The van der Waals surface area contributed by atoms with E-state index >= 15 is 0 Å². The lowest BCUT2D eigenvalue weighted by molar-refractivity contribution is 0.416. The van der Waals surface area contributed by atoms with Crippen molar-refractivity contribution in [2.24, 2.45) is 0 Å². The summed E-state index contributed by atoms with van der Waals surface area (Å²) < 4.78 is 6.84. The Bertz CT molecular complexity index is 815. The molecular weight excluding hydrogens is 332 g/mol.